The lowest BCUT2D eigenvalue weighted by Gasteiger charge is -2.49. The maximum absolute atomic E-state index is 12.1. The highest BCUT2D eigenvalue weighted by molar-refractivity contribution is 5.85. The van der Waals surface area contributed by atoms with Crippen LogP contribution in [0.15, 0.2) is 18.2 Å². The third-order valence-corrected chi connectivity index (χ3v) is 5.28. The number of carbonyl (C=O) groups is 1. The number of methoxy groups -OCH3 is 2. The summed E-state index contributed by atoms with van der Waals surface area (Å²) in [5.74, 6) is 1.93. The molecule has 1 aromatic carbocycles. The zero-order valence-corrected chi connectivity index (χ0v) is 13.0. The summed E-state index contributed by atoms with van der Waals surface area (Å²) < 4.78 is 10.8. The summed E-state index contributed by atoms with van der Waals surface area (Å²) in [5.41, 5.74) is 1.40. The Kier molecular flexibility index (Phi) is 3.66. The molecule has 4 heteroatoms. The molecule has 2 unspecified atom stereocenters. The van der Waals surface area contributed by atoms with E-state index in [9.17, 15) is 4.79 Å². The number of hydrogen-bond acceptors (Lipinski definition) is 4. The molecule has 3 rings (SSSR count). The van der Waals surface area contributed by atoms with E-state index in [1.54, 1.807) is 14.2 Å². The molecule has 0 spiro atoms. The van der Waals surface area contributed by atoms with Crippen LogP contribution in [0.2, 0.25) is 0 Å². The largest absolute Gasteiger partial charge is 0.493 e. The van der Waals surface area contributed by atoms with Gasteiger partial charge in [0.15, 0.2) is 11.5 Å². The van der Waals surface area contributed by atoms with Gasteiger partial charge in [-0.15, -0.1) is 0 Å². The van der Waals surface area contributed by atoms with Crippen molar-refractivity contribution in [2.75, 3.05) is 27.8 Å². The molecule has 0 amide bonds. The number of rotatable bonds is 3. The van der Waals surface area contributed by atoms with Crippen LogP contribution in [0.25, 0.3) is 0 Å². The third-order valence-electron chi connectivity index (χ3n) is 5.28. The summed E-state index contributed by atoms with van der Waals surface area (Å²) in [5, 5.41) is 0. The standard InChI is InChI=1S/C17H23NO3/c1-18-9-8-17(7-6-14(19)13(18)11-17)12-4-5-15(20-2)16(10-12)21-3/h4-5,10,13H,6-9,11H2,1-3H3. The molecule has 2 aliphatic rings. The lowest BCUT2D eigenvalue weighted by atomic mass is 9.63. The summed E-state index contributed by atoms with van der Waals surface area (Å²) in [6.07, 6.45) is 3.66. The van der Waals surface area contributed by atoms with Crippen LogP contribution in [-0.4, -0.2) is 44.5 Å². The SMILES string of the molecule is COc1ccc(C23CCC(=O)C(C2)N(C)CC3)cc1OC. The molecule has 21 heavy (non-hydrogen) atoms. The highest BCUT2D eigenvalue weighted by Crippen LogP contribution is 2.47. The van der Waals surface area contributed by atoms with Crippen molar-refractivity contribution in [1.82, 2.24) is 4.90 Å². The number of Topliss-reactive ketones (excluding diaryl/α,β-unsaturated/α-hetero) is 1. The van der Waals surface area contributed by atoms with Crippen LogP contribution >= 0.6 is 0 Å². The van der Waals surface area contributed by atoms with Gasteiger partial charge in [-0.2, -0.15) is 0 Å². The number of ketones is 1. The van der Waals surface area contributed by atoms with Gasteiger partial charge in [-0.1, -0.05) is 6.07 Å². The topological polar surface area (TPSA) is 38.8 Å². The van der Waals surface area contributed by atoms with Crippen LogP contribution in [0, 0.1) is 0 Å². The van der Waals surface area contributed by atoms with Crippen LogP contribution in [0.3, 0.4) is 0 Å². The minimum Gasteiger partial charge on any atom is -0.493 e. The van der Waals surface area contributed by atoms with Gasteiger partial charge in [0.05, 0.1) is 20.3 Å². The van der Waals surface area contributed by atoms with E-state index in [1.165, 1.54) is 5.56 Å². The molecule has 1 saturated heterocycles. The molecule has 1 saturated carbocycles. The van der Waals surface area contributed by atoms with Crippen molar-refractivity contribution in [2.24, 2.45) is 0 Å². The fraction of sp³-hybridized carbons (Fsp3) is 0.588. The van der Waals surface area contributed by atoms with Gasteiger partial charge in [-0.3, -0.25) is 9.69 Å². The van der Waals surface area contributed by atoms with Crippen LogP contribution in [0.1, 0.15) is 31.2 Å². The Morgan fingerprint density at radius 2 is 1.95 bits per heavy atom. The van der Waals surface area contributed by atoms with E-state index in [-0.39, 0.29) is 11.5 Å². The number of ether oxygens (including phenoxy) is 2. The molecule has 2 fully saturated rings. The lowest BCUT2D eigenvalue weighted by Crippen LogP contribution is -2.54. The van der Waals surface area contributed by atoms with Crippen molar-refractivity contribution in [3.8, 4) is 11.5 Å². The summed E-state index contributed by atoms with van der Waals surface area (Å²) in [7, 11) is 5.38. The van der Waals surface area contributed by atoms with Gasteiger partial charge in [0, 0.05) is 6.42 Å². The minimum atomic E-state index is 0.0839. The molecule has 0 N–H and O–H groups in total. The zero-order chi connectivity index (χ0) is 15.0. The number of benzene rings is 1. The first kappa shape index (κ1) is 14.4. The molecule has 2 bridgehead atoms. The van der Waals surface area contributed by atoms with Crippen molar-refractivity contribution in [1.29, 1.82) is 0 Å². The van der Waals surface area contributed by atoms with E-state index in [2.05, 4.69) is 24.1 Å². The quantitative estimate of drug-likeness (QED) is 0.856. The van der Waals surface area contributed by atoms with Gasteiger partial charge in [0.25, 0.3) is 0 Å². The number of piperidine rings is 1. The van der Waals surface area contributed by atoms with Gasteiger partial charge in [0.1, 0.15) is 5.78 Å². The Morgan fingerprint density at radius 3 is 2.67 bits per heavy atom. The van der Waals surface area contributed by atoms with Crippen molar-refractivity contribution in [2.45, 2.75) is 37.1 Å². The molecule has 1 heterocycles. The fourth-order valence-corrected chi connectivity index (χ4v) is 3.86. The Morgan fingerprint density at radius 1 is 1.19 bits per heavy atom. The predicted octanol–water partition coefficient (Wildman–Crippen LogP) is 2.40. The first-order chi connectivity index (χ1) is 10.1. The number of likely N-dealkylation sites (tertiary alicyclic amines) is 1. The average Bonchev–Trinajstić information content (AvgIpc) is 2.53. The first-order valence-electron chi connectivity index (χ1n) is 7.55. The van der Waals surface area contributed by atoms with Gasteiger partial charge in [-0.25, -0.2) is 0 Å². The first-order valence-corrected chi connectivity index (χ1v) is 7.55. The van der Waals surface area contributed by atoms with E-state index in [4.69, 9.17) is 9.47 Å². The van der Waals surface area contributed by atoms with Crippen LogP contribution in [-0.2, 0) is 10.2 Å². The van der Waals surface area contributed by atoms with Crippen molar-refractivity contribution < 1.29 is 14.3 Å². The van der Waals surface area contributed by atoms with E-state index in [0.29, 0.717) is 12.2 Å². The highest BCUT2D eigenvalue weighted by Gasteiger charge is 2.46. The summed E-state index contributed by atoms with van der Waals surface area (Å²) in [6.45, 7) is 0.977. The lowest BCUT2D eigenvalue weighted by molar-refractivity contribution is -0.129. The van der Waals surface area contributed by atoms with E-state index >= 15 is 0 Å². The molecule has 4 nitrogen and oxygen atoms in total. The molecular weight excluding hydrogens is 266 g/mol. The summed E-state index contributed by atoms with van der Waals surface area (Å²) in [4.78, 5) is 14.3. The maximum Gasteiger partial charge on any atom is 0.161 e. The second-order valence-electron chi connectivity index (χ2n) is 6.27. The van der Waals surface area contributed by atoms with Crippen molar-refractivity contribution >= 4 is 5.78 Å². The number of carbonyl (C=O) groups excluding carboxylic acids is 1. The number of hydrogen-bond donors (Lipinski definition) is 0. The Bertz CT molecular complexity index is 557. The minimum absolute atomic E-state index is 0.0839. The van der Waals surface area contributed by atoms with Gasteiger partial charge in [-0.05, 0) is 56.0 Å². The highest BCUT2D eigenvalue weighted by atomic mass is 16.5. The summed E-state index contributed by atoms with van der Waals surface area (Å²) >= 11 is 0. The van der Waals surface area contributed by atoms with E-state index < -0.39 is 0 Å². The molecule has 1 aliphatic heterocycles. The Labute approximate surface area is 126 Å². The molecule has 2 atom stereocenters. The number of likely N-dealkylation sites (N-methyl/N-ethyl adjacent to an activating group) is 1. The second kappa shape index (κ2) is 5.34. The van der Waals surface area contributed by atoms with Crippen LogP contribution in [0.5, 0.6) is 11.5 Å². The second-order valence-corrected chi connectivity index (χ2v) is 6.27. The monoisotopic (exact) mass is 289 g/mol. The normalized spacial score (nSPS) is 29.3. The number of fused-ring (bicyclic) bond motifs is 2. The Hall–Kier alpha value is -1.55. The molecule has 0 aromatic heterocycles. The molecular formula is C17H23NO3. The van der Waals surface area contributed by atoms with Gasteiger partial charge in [0.2, 0.25) is 0 Å². The molecule has 114 valence electrons. The van der Waals surface area contributed by atoms with Gasteiger partial charge < -0.3 is 9.47 Å². The predicted molar refractivity (Wildman–Crippen MR) is 81.1 cm³/mol. The summed E-state index contributed by atoms with van der Waals surface area (Å²) in [6, 6.07) is 6.30. The molecule has 1 aromatic rings. The molecule has 1 aliphatic carbocycles. The average molecular weight is 289 g/mol. The van der Waals surface area contributed by atoms with E-state index in [1.807, 2.05) is 6.07 Å². The van der Waals surface area contributed by atoms with Crippen LogP contribution < -0.4 is 9.47 Å². The number of nitrogens with zero attached hydrogens (tertiary/aromatic N) is 1. The maximum atomic E-state index is 12.1. The van der Waals surface area contributed by atoms with Gasteiger partial charge >= 0.3 is 0 Å². The van der Waals surface area contributed by atoms with Crippen molar-refractivity contribution in [3.63, 3.8) is 0 Å². The fourth-order valence-electron chi connectivity index (χ4n) is 3.86. The molecule has 0 radical (unpaired) electrons. The van der Waals surface area contributed by atoms with Crippen LogP contribution in [0.4, 0.5) is 0 Å². The smallest absolute Gasteiger partial charge is 0.161 e. The van der Waals surface area contributed by atoms with Crippen molar-refractivity contribution in [3.05, 3.63) is 23.8 Å². The Balaban J connectivity index is 1.97. The zero-order valence-electron chi connectivity index (χ0n) is 13.0. The van der Waals surface area contributed by atoms with E-state index in [0.717, 1.165) is 37.3 Å². The third kappa shape index (κ3) is 2.31.